The SMILES string of the molecule is c1ccc2c(c1)sc1cc3c(cc12)c1ncccc1n3-c1nc(-c2ccncc2)cc(-c2ccncc2)n1. The van der Waals surface area contributed by atoms with E-state index in [-0.39, 0.29) is 0 Å². The van der Waals surface area contributed by atoms with Crippen LogP contribution in [0.2, 0.25) is 0 Å². The van der Waals surface area contributed by atoms with Crippen LogP contribution in [-0.2, 0) is 0 Å². The maximum Gasteiger partial charge on any atom is 0.235 e. The zero-order valence-electron chi connectivity index (χ0n) is 20.0. The molecule has 0 fully saturated rings. The molecule has 0 spiro atoms. The molecule has 8 rings (SSSR count). The molecule has 178 valence electrons. The van der Waals surface area contributed by atoms with Crippen LogP contribution in [-0.4, -0.2) is 29.5 Å². The molecule has 0 radical (unpaired) electrons. The quantitative estimate of drug-likeness (QED) is 0.249. The monoisotopic (exact) mass is 506 g/mol. The van der Waals surface area contributed by atoms with E-state index in [1.165, 1.54) is 20.2 Å². The van der Waals surface area contributed by atoms with E-state index in [2.05, 4.69) is 57.0 Å². The van der Waals surface area contributed by atoms with Gasteiger partial charge >= 0.3 is 0 Å². The summed E-state index contributed by atoms with van der Waals surface area (Å²) in [5.74, 6) is 0.597. The van der Waals surface area contributed by atoms with Crippen LogP contribution in [0.1, 0.15) is 0 Å². The smallest absolute Gasteiger partial charge is 0.235 e. The van der Waals surface area contributed by atoms with E-state index in [0.717, 1.165) is 44.5 Å². The van der Waals surface area contributed by atoms with Crippen molar-refractivity contribution in [3.63, 3.8) is 0 Å². The second-order valence-electron chi connectivity index (χ2n) is 9.08. The topological polar surface area (TPSA) is 69.4 Å². The minimum absolute atomic E-state index is 0.597. The molecule has 2 aromatic carbocycles. The van der Waals surface area contributed by atoms with Crippen LogP contribution >= 0.6 is 11.3 Å². The standard InChI is InChI=1S/C31H18N6S/c1-2-6-28-21(4-1)22-16-23-27(18-29(22)38-28)37(26-5-3-11-34-30(23)26)31-35-24(19-7-12-32-13-8-19)17-25(36-31)20-9-14-33-15-10-20/h1-18H. The van der Waals surface area contributed by atoms with Crippen LogP contribution in [0.25, 0.3) is 70.6 Å². The van der Waals surface area contributed by atoms with Gasteiger partial charge in [-0.25, -0.2) is 9.97 Å². The van der Waals surface area contributed by atoms with Gasteiger partial charge in [0.25, 0.3) is 0 Å². The zero-order chi connectivity index (χ0) is 25.1. The number of pyridine rings is 3. The Bertz CT molecular complexity index is 2070. The van der Waals surface area contributed by atoms with Crippen LogP contribution < -0.4 is 0 Å². The number of hydrogen-bond donors (Lipinski definition) is 0. The third kappa shape index (κ3) is 3.22. The summed E-state index contributed by atoms with van der Waals surface area (Å²) in [6.45, 7) is 0. The number of aromatic nitrogens is 6. The van der Waals surface area contributed by atoms with Crippen molar-refractivity contribution >= 4 is 53.4 Å². The summed E-state index contributed by atoms with van der Waals surface area (Å²) in [5.41, 5.74) is 6.54. The van der Waals surface area contributed by atoms with Gasteiger partial charge in [0, 0.05) is 67.7 Å². The summed E-state index contributed by atoms with van der Waals surface area (Å²) < 4.78 is 4.63. The zero-order valence-corrected chi connectivity index (χ0v) is 20.8. The van der Waals surface area contributed by atoms with Crippen molar-refractivity contribution < 1.29 is 0 Å². The maximum absolute atomic E-state index is 5.08. The first-order valence-corrected chi connectivity index (χ1v) is 13.1. The van der Waals surface area contributed by atoms with Gasteiger partial charge < -0.3 is 0 Å². The third-order valence-corrected chi connectivity index (χ3v) is 8.02. The lowest BCUT2D eigenvalue weighted by Crippen LogP contribution is -2.04. The molecule has 6 aromatic heterocycles. The van der Waals surface area contributed by atoms with Crippen molar-refractivity contribution in [2.45, 2.75) is 0 Å². The average molecular weight is 507 g/mol. The molecule has 0 aliphatic rings. The van der Waals surface area contributed by atoms with Crippen LogP contribution in [0.15, 0.2) is 110 Å². The van der Waals surface area contributed by atoms with Gasteiger partial charge in [-0.1, -0.05) is 18.2 Å². The Balaban J connectivity index is 1.48. The minimum atomic E-state index is 0.597. The van der Waals surface area contributed by atoms with E-state index < -0.39 is 0 Å². The summed E-state index contributed by atoms with van der Waals surface area (Å²) in [6, 6.07) is 27.0. The average Bonchev–Trinajstić information content (AvgIpc) is 3.51. The summed E-state index contributed by atoms with van der Waals surface area (Å²) in [7, 11) is 0. The van der Waals surface area contributed by atoms with E-state index in [9.17, 15) is 0 Å². The van der Waals surface area contributed by atoms with Crippen molar-refractivity contribution in [1.29, 1.82) is 0 Å². The summed E-state index contributed by atoms with van der Waals surface area (Å²) in [6.07, 6.45) is 8.98. The van der Waals surface area contributed by atoms with Crippen molar-refractivity contribution in [2.24, 2.45) is 0 Å². The van der Waals surface area contributed by atoms with Crippen molar-refractivity contribution in [3.8, 4) is 28.5 Å². The Morgan fingerprint density at radius 1 is 0.553 bits per heavy atom. The van der Waals surface area contributed by atoms with Crippen LogP contribution in [0, 0.1) is 0 Å². The molecule has 0 aliphatic heterocycles. The number of thiophene rings is 1. The van der Waals surface area contributed by atoms with Crippen LogP contribution in [0.4, 0.5) is 0 Å². The molecule has 6 heterocycles. The molecule has 0 bridgehead atoms. The normalized spacial score (nSPS) is 11.7. The molecule has 38 heavy (non-hydrogen) atoms. The van der Waals surface area contributed by atoms with Gasteiger partial charge in [0.1, 0.15) is 0 Å². The van der Waals surface area contributed by atoms with E-state index in [0.29, 0.717) is 5.95 Å². The number of fused-ring (bicyclic) bond motifs is 6. The number of rotatable bonds is 3. The van der Waals surface area contributed by atoms with E-state index in [1.807, 2.05) is 42.6 Å². The molecule has 7 heteroatoms. The molecular weight excluding hydrogens is 488 g/mol. The minimum Gasteiger partial charge on any atom is -0.276 e. The first-order chi connectivity index (χ1) is 18.8. The molecule has 0 saturated heterocycles. The Morgan fingerprint density at radius 2 is 1.26 bits per heavy atom. The highest BCUT2D eigenvalue weighted by atomic mass is 32.1. The summed E-state index contributed by atoms with van der Waals surface area (Å²) >= 11 is 1.80. The van der Waals surface area contributed by atoms with Gasteiger partial charge in [0.2, 0.25) is 5.95 Å². The van der Waals surface area contributed by atoms with Gasteiger partial charge in [-0.15, -0.1) is 11.3 Å². The fourth-order valence-corrected chi connectivity index (χ4v) is 6.26. The van der Waals surface area contributed by atoms with Crippen LogP contribution in [0.5, 0.6) is 0 Å². The lowest BCUT2D eigenvalue weighted by Gasteiger charge is -2.11. The highest BCUT2D eigenvalue weighted by Gasteiger charge is 2.19. The van der Waals surface area contributed by atoms with E-state index in [1.54, 1.807) is 36.1 Å². The predicted octanol–water partition coefficient (Wildman–Crippen LogP) is 7.46. The molecule has 0 amide bonds. The first kappa shape index (κ1) is 21.1. The number of benzene rings is 2. The van der Waals surface area contributed by atoms with E-state index in [4.69, 9.17) is 15.0 Å². The van der Waals surface area contributed by atoms with Crippen molar-refractivity contribution in [2.75, 3.05) is 0 Å². The number of nitrogens with zero attached hydrogens (tertiary/aromatic N) is 6. The second kappa shape index (κ2) is 8.26. The van der Waals surface area contributed by atoms with Gasteiger partial charge in [0.05, 0.1) is 27.9 Å². The third-order valence-electron chi connectivity index (χ3n) is 6.88. The van der Waals surface area contributed by atoms with Crippen LogP contribution in [0.3, 0.4) is 0 Å². The predicted molar refractivity (Wildman–Crippen MR) is 154 cm³/mol. The van der Waals surface area contributed by atoms with Crippen molar-refractivity contribution in [3.05, 3.63) is 110 Å². The molecule has 0 N–H and O–H groups in total. The molecule has 0 atom stereocenters. The molecule has 0 unspecified atom stereocenters. The molecule has 6 nitrogen and oxygen atoms in total. The second-order valence-corrected chi connectivity index (χ2v) is 10.2. The van der Waals surface area contributed by atoms with Crippen molar-refractivity contribution in [1.82, 2.24) is 29.5 Å². The maximum atomic E-state index is 5.08. The van der Waals surface area contributed by atoms with Gasteiger partial charge in [-0.3, -0.25) is 19.5 Å². The summed E-state index contributed by atoms with van der Waals surface area (Å²) in [5, 5.41) is 3.59. The lowest BCUT2D eigenvalue weighted by atomic mass is 10.1. The Morgan fingerprint density at radius 3 is 2.00 bits per heavy atom. The molecular formula is C31H18N6S. The van der Waals surface area contributed by atoms with Gasteiger partial charge in [-0.05, 0) is 60.7 Å². The fourth-order valence-electron chi connectivity index (χ4n) is 5.14. The molecule has 0 aliphatic carbocycles. The van der Waals surface area contributed by atoms with Gasteiger partial charge in [-0.2, -0.15) is 0 Å². The summed E-state index contributed by atoms with van der Waals surface area (Å²) in [4.78, 5) is 23.3. The first-order valence-electron chi connectivity index (χ1n) is 12.2. The molecule has 0 saturated carbocycles. The fraction of sp³-hybridized carbons (Fsp3) is 0. The number of hydrogen-bond acceptors (Lipinski definition) is 6. The Kier molecular flexibility index (Phi) is 4.59. The Hall–Kier alpha value is -5.01. The van der Waals surface area contributed by atoms with Gasteiger partial charge in [0.15, 0.2) is 0 Å². The highest BCUT2D eigenvalue weighted by molar-refractivity contribution is 7.25. The Labute approximate surface area is 220 Å². The van der Waals surface area contributed by atoms with E-state index >= 15 is 0 Å². The highest BCUT2D eigenvalue weighted by Crippen LogP contribution is 2.40. The lowest BCUT2D eigenvalue weighted by molar-refractivity contribution is 0.994. The largest absolute Gasteiger partial charge is 0.276 e. The molecule has 8 aromatic rings.